The first-order chi connectivity index (χ1) is 21.6. The molecule has 0 radical (unpaired) electrons. The van der Waals surface area contributed by atoms with Crippen molar-refractivity contribution in [1.82, 2.24) is 0 Å². The predicted molar refractivity (Wildman–Crippen MR) is 159 cm³/mol. The van der Waals surface area contributed by atoms with Gasteiger partial charge in [0.1, 0.15) is 37.6 Å². The third-order valence-electron chi connectivity index (χ3n) is 6.99. The minimum atomic E-state index is -1.48. The van der Waals surface area contributed by atoms with Crippen molar-refractivity contribution in [2.45, 2.75) is 96.3 Å². The lowest BCUT2D eigenvalue weighted by Crippen LogP contribution is -2.62. The van der Waals surface area contributed by atoms with Gasteiger partial charge in [-0.3, -0.25) is 9.59 Å². The molecule has 8 atom stereocenters. The molecule has 1 fully saturated rings. The molecule has 12 nitrogen and oxygen atoms in total. The summed E-state index contributed by atoms with van der Waals surface area (Å²) in [6.07, 6.45) is -8.13. The summed E-state index contributed by atoms with van der Waals surface area (Å²) in [7, 11) is 1.38. The van der Waals surface area contributed by atoms with E-state index in [-0.39, 0.29) is 32.8 Å². The van der Waals surface area contributed by atoms with Crippen LogP contribution in [0.3, 0.4) is 0 Å². The highest BCUT2D eigenvalue weighted by molar-refractivity contribution is 5.75. The van der Waals surface area contributed by atoms with Crippen LogP contribution in [0, 0.1) is 0 Å². The van der Waals surface area contributed by atoms with E-state index in [1.54, 1.807) is 26.0 Å². The molecule has 2 aromatic rings. The minimum Gasteiger partial charge on any atom is -0.463 e. The number of carbonyl (C=O) groups excluding carboxylic acids is 3. The van der Waals surface area contributed by atoms with E-state index in [0.717, 1.165) is 11.1 Å². The van der Waals surface area contributed by atoms with E-state index in [9.17, 15) is 19.5 Å². The molecule has 0 unspecified atom stereocenters. The zero-order chi connectivity index (χ0) is 32.8. The number of aliphatic hydroxyl groups is 1. The molecule has 1 heterocycles. The number of rotatable bonds is 17. The van der Waals surface area contributed by atoms with E-state index in [4.69, 9.17) is 37.9 Å². The summed E-state index contributed by atoms with van der Waals surface area (Å²) in [5.74, 6) is -1.95. The number of hydrogen-bond donors (Lipinski definition) is 1. The Kier molecular flexibility index (Phi) is 14.9. The zero-order valence-electron chi connectivity index (χ0n) is 26.4. The third-order valence-corrected chi connectivity index (χ3v) is 6.99. The van der Waals surface area contributed by atoms with Crippen LogP contribution in [0.4, 0.5) is 0 Å². The second-order valence-corrected chi connectivity index (χ2v) is 10.6. The lowest BCUT2D eigenvalue weighted by molar-refractivity contribution is -0.299. The molecule has 45 heavy (non-hydrogen) atoms. The molecule has 1 aliphatic rings. The lowest BCUT2D eigenvalue weighted by Gasteiger charge is -2.45. The van der Waals surface area contributed by atoms with Gasteiger partial charge in [-0.2, -0.15) is 0 Å². The smallest absolute Gasteiger partial charge is 0.338 e. The van der Waals surface area contributed by atoms with E-state index in [1.165, 1.54) is 21.0 Å². The molecular weight excluding hydrogens is 588 g/mol. The highest BCUT2D eigenvalue weighted by atomic mass is 16.7. The fourth-order valence-corrected chi connectivity index (χ4v) is 4.85. The molecule has 0 saturated carbocycles. The van der Waals surface area contributed by atoms with Crippen molar-refractivity contribution in [1.29, 1.82) is 0 Å². The summed E-state index contributed by atoms with van der Waals surface area (Å²) < 4.78 is 46.3. The van der Waals surface area contributed by atoms with Crippen molar-refractivity contribution >= 4 is 17.9 Å². The molecule has 0 aromatic heterocycles. The average molecular weight is 633 g/mol. The van der Waals surface area contributed by atoms with Crippen LogP contribution in [0.25, 0.3) is 0 Å². The molecule has 248 valence electrons. The first-order valence-corrected chi connectivity index (χ1v) is 14.9. The van der Waals surface area contributed by atoms with Gasteiger partial charge in [0.05, 0.1) is 19.3 Å². The van der Waals surface area contributed by atoms with Gasteiger partial charge in [0, 0.05) is 21.0 Å². The van der Waals surface area contributed by atoms with E-state index < -0.39 is 66.9 Å². The zero-order valence-corrected chi connectivity index (χ0v) is 26.4. The monoisotopic (exact) mass is 632 g/mol. The molecule has 12 heteroatoms. The standard InChI is InChI=1S/C33H44O12/c1-6-28(44-30(26(36)19-38-5)33(37)41-18-25-15-11-8-12-16-25)45-31-27(20-39-22(3)34)42-21(2)29(32(31)43-23(4)35)40-17-24-13-9-7-10-14-24/h7-16,21,26-32,36H,6,17-20H2,1-5H3/t21-,26+,27-,28+,29+,30+,31-,32-/m1/s1. The minimum absolute atomic E-state index is 0.0370. The van der Waals surface area contributed by atoms with Gasteiger partial charge in [0.25, 0.3) is 0 Å². The van der Waals surface area contributed by atoms with Crippen molar-refractivity contribution in [3.05, 3.63) is 71.8 Å². The van der Waals surface area contributed by atoms with Gasteiger partial charge in [-0.05, 0) is 24.5 Å². The first kappa shape index (κ1) is 36.1. The van der Waals surface area contributed by atoms with Gasteiger partial charge in [0.15, 0.2) is 18.5 Å². The second-order valence-electron chi connectivity index (χ2n) is 10.6. The van der Waals surface area contributed by atoms with Crippen LogP contribution < -0.4 is 0 Å². The summed E-state index contributed by atoms with van der Waals surface area (Å²) in [4.78, 5) is 37.2. The summed E-state index contributed by atoms with van der Waals surface area (Å²) in [5, 5.41) is 10.8. The van der Waals surface area contributed by atoms with Crippen molar-refractivity contribution in [2.24, 2.45) is 0 Å². The Labute approximate surface area is 263 Å². The maximum Gasteiger partial charge on any atom is 0.338 e. The Morgan fingerprint density at radius 3 is 2.04 bits per heavy atom. The molecule has 1 saturated heterocycles. The van der Waals surface area contributed by atoms with E-state index in [2.05, 4.69) is 0 Å². The number of benzene rings is 2. The number of ether oxygens (including phenoxy) is 8. The molecule has 0 spiro atoms. The third kappa shape index (κ3) is 11.5. The highest BCUT2D eigenvalue weighted by Gasteiger charge is 2.49. The largest absolute Gasteiger partial charge is 0.463 e. The molecule has 1 N–H and O–H groups in total. The summed E-state index contributed by atoms with van der Waals surface area (Å²) in [6, 6.07) is 18.5. The fourth-order valence-electron chi connectivity index (χ4n) is 4.85. The quantitative estimate of drug-likeness (QED) is 0.155. The van der Waals surface area contributed by atoms with Crippen molar-refractivity contribution in [2.75, 3.05) is 20.3 Å². The number of aliphatic hydroxyl groups excluding tert-OH is 1. The molecule has 0 amide bonds. The van der Waals surface area contributed by atoms with Crippen LogP contribution >= 0.6 is 0 Å². The van der Waals surface area contributed by atoms with Crippen molar-refractivity contribution < 1.29 is 57.4 Å². The maximum absolute atomic E-state index is 13.2. The normalized spacial score (nSPS) is 23.4. The number of esters is 3. The van der Waals surface area contributed by atoms with Crippen molar-refractivity contribution in [3.8, 4) is 0 Å². The van der Waals surface area contributed by atoms with Gasteiger partial charge >= 0.3 is 17.9 Å². The van der Waals surface area contributed by atoms with Gasteiger partial charge in [0.2, 0.25) is 0 Å². The van der Waals surface area contributed by atoms with Crippen LogP contribution in [0.15, 0.2) is 60.7 Å². The topological polar surface area (TPSA) is 145 Å². The molecule has 3 rings (SSSR count). The summed E-state index contributed by atoms with van der Waals surface area (Å²) >= 11 is 0. The average Bonchev–Trinajstić information content (AvgIpc) is 3.02. The van der Waals surface area contributed by atoms with Crippen LogP contribution in [-0.2, 0) is 65.5 Å². The molecule has 0 aliphatic carbocycles. The number of carbonyl (C=O) groups is 3. The van der Waals surface area contributed by atoms with Crippen LogP contribution in [0.2, 0.25) is 0 Å². The Bertz CT molecular complexity index is 1180. The Morgan fingerprint density at radius 2 is 1.49 bits per heavy atom. The highest BCUT2D eigenvalue weighted by Crippen LogP contribution is 2.31. The van der Waals surface area contributed by atoms with Crippen LogP contribution in [0.5, 0.6) is 0 Å². The molecule has 0 bridgehead atoms. The Hall–Kier alpha value is -3.39. The Balaban J connectivity index is 1.85. The predicted octanol–water partition coefficient (Wildman–Crippen LogP) is 3.11. The Morgan fingerprint density at radius 1 is 0.867 bits per heavy atom. The SMILES string of the molecule is CC[C@H](O[C@H]1[C@H](OC(C)=O)[C@@H](OCc2ccccc2)[C@@H](C)O[C@@H]1COC(C)=O)O[C@H](C(=O)OCc1ccccc1)[C@@H](O)COC. The lowest BCUT2D eigenvalue weighted by atomic mass is 9.95. The van der Waals surface area contributed by atoms with E-state index >= 15 is 0 Å². The van der Waals surface area contributed by atoms with Gasteiger partial charge < -0.3 is 43.0 Å². The van der Waals surface area contributed by atoms with Crippen molar-refractivity contribution in [3.63, 3.8) is 0 Å². The van der Waals surface area contributed by atoms with Gasteiger partial charge in [-0.15, -0.1) is 0 Å². The summed E-state index contributed by atoms with van der Waals surface area (Å²) in [6.45, 7) is 5.77. The first-order valence-electron chi connectivity index (χ1n) is 14.9. The fraction of sp³-hybridized carbons (Fsp3) is 0.545. The van der Waals surface area contributed by atoms with E-state index in [1.807, 2.05) is 48.5 Å². The number of hydrogen-bond acceptors (Lipinski definition) is 12. The molecule has 1 aliphatic heterocycles. The molecule has 2 aromatic carbocycles. The number of methoxy groups -OCH3 is 1. The van der Waals surface area contributed by atoms with E-state index in [0.29, 0.717) is 0 Å². The maximum atomic E-state index is 13.2. The van der Waals surface area contributed by atoms with Gasteiger partial charge in [-0.1, -0.05) is 67.6 Å². The van der Waals surface area contributed by atoms with Crippen LogP contribution in [-0.4, -0.2) is 92.4 Å². The molecular formula is C33H44O12. The second kappa shape index (κ2) is 18.5. The summed E-state index contributed by atoms with van der Waals surface area (Å²) in [5.41, 5.74) is 1.64. The van der Waals surface area contributed by atoms with Gasteiger partial charge in [-0.25, -0.2) is 4.79 Å². The van der Waals surface area contributed by atoms with Crippen LogP contribution in [0.1, 0.15) is 45.2 Å².